The van der Waals surface area contributed by atoms with Crippen molar-refractivity contribution in [1.29, 1.82) is 0 Å². The molecule has 0 bridgehead atoms. The first-order valence-electron chi connectivity index (χ1n) is 6.23. The van der Waals surface area contributed by atoms with E-state index < -0.39 is 0 Å². The summed E-state index contributed by atoms with van der Waals surface area (Å²) >= 11 is 0. The van der Waals surface area contributed by atoms with Gasteiger partial charge in [0.05, 0.1) is 5.69 Å². The minimum absolute atomic E-state index is 0.0395. The second-order valence-electron chi connectivity index (χ2n) is 4.81. The van der Waals surface area contributed by atoms with Gasteiger partial charge < -0.3 is 0 Å². The number of H-pyrrole nitrogens is 1. The van der Waals surface area contributed by atoms with E-state index in [1.807, 2.05) is 44.2 Å². The van der Waals surface area contributed by atoms with Gasteiger partial charge in [-0.1, -0.05) is 24.3 Å². The number of fused-ring (bicyclic) bond motifs is 1. The van der Waals surface area contributed by atoms with Crippen LogP contribution in [0.2, 0.25) is 0 Å². The fourth-order valence-corrected chi connectivity index (χ4v) is 2.23. The number of hydrogen-bond donors (Lipinski definition) is 1. The molecule has 96 valence electrons. The monoisotopic (exact) mass is 253 g/mol. The van der Waals surface area contributed by atoms with Crippen molar-refractivity contribution < 1.29 is 0 Å². The summed E-state index contributed by atoms with van der Waals surface area (Å²) in [4.78, 5) is 16.6. The third kappa shape index (κ3) is 1.76. The molecule has 0 saturated carbocycles. The molecule has 19 heavy (non-hydrogen) atoms. The van der Waals surface area contributed by atoms with Crippen LogP contribution in [0.1, 0.15) is 16.8 Å². The van der Waals surface area contributed by atoms with Gasteiger partial charge in [-0.3, -0.25) is 9.89 Å². The molecule has 0 aliphatic heterocycles. The number of nitrogens with zero attached hydrogens (tertiary/aromatic N) is 2. The minimum atomic E-state index is -0.0395. The zero-order chi connectivity index (χ0) is 13.6. The van der Waals surface area contributed by atoms with E-state index in [0.29, 0.717) is 11.2 Å². The van der Waals surface area contributed by atoms with E-state index >= 15 is 0 Å². The van der Waals surface area contributed by atoms with Crippen LogP contribution in [0.15, 0.2) is 35.1 Å². The number of rotatable bonds is 1. The molecule has 1 N–H and O–H groups in total. The Bertz CT molecular complexity index is 827. The molecule has 0 amide bonds. The molecule has 1 aromatic carbocycles. The standard InChI is InChI=1S/C15H15N3O/c1-9-6-4-5-7-12(9)13-8-14-16-11(3)10(2)15(19)18(14)17-13/h4-8,17H,1-3H3. The van der Waals surface area contributed by atoms with Crippen LogP contribution in [0.25, 0.3) is 16.9 Å². The molecule has 0 fully saturated rings. The lowest BCUT2D eigenvalue weighted by atomic mass is 10.1. The highest BCUT2D eigenvalue weighted by Crippen LogP contribution is 2.22. The van der Waals surface area contributed by atoms with E-state index in [0.717, 1.165) is 22.5 Å². The Morgan fingerprint density at radius 3 is 2.63 bits per heavy atom. The van der Waals surface area contributed by atoms with Gasteiger partial charge in [-0.25, -0.2) is 9.50 Å². The Hall–Kier alpha value is -2.36. The Morgan fingerprint density at radius 2 is 1.89 bits per heavy atom. The number of aromatic amines is 1. The van der Waals surface area contributed by atoms with E-state index in [1.165, 1.54) is 4.52 Å². The fourth-order valence-electron chi connectivity index (χ4n) is 2.23. The molecule has 3 rings (SSSR count). The first-order valence-corrected chi connectivity index (χ1v) is 6.23. The number of nitrogens with one attached hydrogen (secondary N) is 1. The van der Waals surface area contributed by atoms with Crippen molar-refractivity contribution in [2.75, 3.05) is 0 Å². The summed E-state index contributed by atoms with van der Waals surface area (Å²) < 4.78 is 1.50. The topological polar surface area (TPSA) is 50.2 Å². The smallest absolute Gasteiger partial charge is 0.275 e. The summed E-state index contributed by atoms with van der Waals surface area (Å²) in [5.74, 6) is 0. The number of aromatic nitrogens is 3. The summed E-state index contributed by atoms with van der Waals surface area (Å²) in [6.07, 6.45) is 0. The molecule has 0 saturated heterocycles. The molecule has 0 spiro atoms. The lowest BCUT2D eigenvalue weighted by Crippen LogP contribution is -2.19. The molecule has 0 unspecified atom stereocenters. The highest BCUT2D eigenvalue weighted by atomic mass is 16.1. The van der Waals surface area contributed by atoms with Crippen LogP contribution in [-0.2, 0) is 0 Å². The maximum atomic E-state index is 12.2. The van der Waals surface area contributed by atoms with Crippen LogP contribution in [0.3, 0.4) is 0 Å². The third-order valence-electron chi connectivity index (χ3n) is 3.52. The molecule has 0 aliphatic carbocycles. The lowest BCUT2D eigenvalue weighted by Gasteiger charge is -2.01. The van der Waals surface area contributed by atoms with E-state index in [4.69, 9.17) is 0 Å². The first-order chi connectivity index (χ1) is 9.08. The summed E-state index contributed by atoms with van der Waals surface area (Å²) in [6.45, 7) is 5.70. The molecular weight excluding hydrogens is 238 g/mol. The maximum Gasteiger partial charge on any atom is 0.275 e. The average Bonchev–Trinajstić information content (AvgIpc) is 2.80. The molecule has 4 heteroatoms. The zero-order valence-corrected chi connectivity index (χ0v) is 11.2. The van der Waals surface area contributed by atoms with E-state index in [9.17, 15) is 4.79 Å². The normalized spacial score (nSPS) is 11.1. The number of aryl methyl sites for hydroxylation is 2. The second kappa shape index (κ2) is 4.09. The second-order valence-corrected chi connectivity index (χ2v) is 4.81. The molecule has 0 aliphatic rings. The number of benzene rings is 1. The highest BCUT2D eigenvalue weighted by molar-refractivity contribution is 5.67. The van der Waals surface area contributed by atoms with E-state index in [2.05, 4.69) is 10.1 Å². The summed E-state index contributed by atoms with van der Waals surface area (Å²) in [7, 11) is 0. The molecule has 2 heterocycles. The Labute approximate surface area is 110 Å². The summed E-state index contributed by atoms with van der Waals surface area (Å²) in [5, 5.41) is 3.13. The van der Waals surface area contributed by atoms with Gasteiger partial charge in [-0.2, -0.15) is 0 Å². The van der Waals surface area contributed by atoms with Gasteiger partial charge in [0.1, 0.15) is 0 Å². The van der Waals surface area contributed by atoms with Crippen LogP contribution in [0, 0.1) is 20.8 Å². The molecule has 0 atom stereocenters. The largest absolute Gasteiger partial charge is 0.289 e. The van der Waals surface area contributed by atoms with E-state index in [1.54, 1.807) is 6.92 Å². The quantitative estimate of drug-likeness (QED) is 0.724. The molecule has 2 aromatic heterocycles. The maximum absolute atomic E-state index is 12.2. The van der Waals surface area contributed by atoms with Gasteiger partial charge >= 0.3 is 0 Å². The SMILES string of the molecule is Cc1ccccc1-c1cc2nc(C)c(C)c(=O)n2[nH]1. The van der Waals surface area contributed by atoms with Crippen molar-refractivity contribution in [2.45, 2.75) is 20.8 Å². The molecule has 4 nitrogen and oxygen atoms in total. The van der Waals surface area contributed by atoms with Crippen LogP contribution in [-0.4, -0.2) is 14.6 Å². The van der Waals surface area contributed by atoms with Gasteiger partial charge in [-0.15, -0.1) is 0 Å². The van der Waals surface area contributed by atoms with Gasteiger partial charge in [0.2, 0.25) is 0 Å². The van der Waals surface area contributed by atoms with Gasteiger partial charge in [-0.05, 0) is 26.3 Å². The predicted octanol–water partition coefficient (Wildman–Crippen LogP) is 2.61. The zero-order valence-electron chi connectivity index (χ0n) is 11.2. The van der Waals surface area contributed by atoms with Crippen molar-refractivity contribution in [3.05, 3.63) is 57.5 Å². The van der Waals surface area contributed by atoms with Gasteiger partial charge in [0.25, 0.3) is 5.56 Å². The summed E-state index contributed by atoms with van der Waals surface area (Å²) in [6, 6.07) is 9.98. The minimum Gasteiger partial charge on any atom is -0.289 e. The van der Waals surface area contributed by atoms with Crippen LogP contribution >= 0.6 is 0 Å². The first kappa shape index (κ1) is 11.7. The summed E-state index contributed by atoms with van der Waals surface area (Å²) in [5.41, 5.74) is 5.23. The van der Waals surface area contributed by atoms with Crippen molar-refractivity contribution in [3.8, 4) is 11.3 Å². The van der Waals surface area contributed by atoms with Gasteiger partial charge in [0.15, 0.2) is 5.65 Å². The van der Waals surface area contributed by atoms with Crippen molar-refractivity contribution in [1.82, 2.24) is 14.6 Å². The Kier molecular flexibility index (Phi) is 2.52. The highest BCUT2D eigenvalue weighted by Gasteiger charge is 2.10. The average molecular weight is 253 g/mol. The Morgan fingerprint density at radius 1 is 1.16 bits per heavy atom. The van der Waals surface area contributed by atoms with Crippen LogP contribution in [0.5, 0.6) is 0 Å². The van der Waals surface area contributed by atoms with Crippen molar-refractivity contribution in [2.24, 2.45) is 0 Å². The van der Waals surface area contributed by atoms with Crippen LogP contribution in [0.4, 0.5) is 0 Å². The van der Waals surface area contributed by atoms with Crippen molar-refractivity contribution >= 4 is 5.65 Å². The molecular formula is C15H15N3O. The van der Waals surface area contributed by atoms with Crippen LogP contribution < -0.4 is 5.56 Å². The van der Waals surface area contributed by atoms with Gasteiger partial charge in [0, 0.05) is 22.9 Å². The lowest BCUT2D eigenvalue weighted by molar-refractivity contribution is 0.876. The molecule has 0 radical (unpaired) electrons. The fraction of sp³-hybridized carbons (Fsp3) is 0.200. The molecule has 3 aromatic rings. The van der Waals surface area contributed by atoms with E-state index in [-0.39, 0.29) is 5.56 Å². The third-order valence-corrected chi connectivity index (χ3v) is 3.52. The van der Waals surface area contributed by atoms with Crippen molar-refractivity contribution in [3.63, 3.8) is 0 Å². The predicted molar refractivity (Wildman–Crippen MR) is 75.5 cm³/mol. The Balaban J connectivity index is 2.32. The number of hydrogen-bond acceptors (Lipinski definition) is 2.